The molecule has 0 aliphatic carbocycles. The van der Waals surface area contributed by atoms with E-state index in [9.17, 15) is 4.39 Å². The van der Waals surface area contributed by atoms with E-state index >= 15 is 0 Å². The van der Waals surface area contributed by atoms with Gasteiger partial charge in [0.25, 0.3) is 0 Å². The van der Waals surface area contributed by atoms with E-state index in [1.165, 1.54) is 23.5 Å². The maximum Gasteiger partial charge on any atom is 0.225 e. The van der Waals surface area contributed by atoms with Gasteiger partial charge in [0.05, 0.1) is 10.4 Å². The van der Waals surface area contributed by atoms with Gasteiger partial charge in [-0.1, -0.05) is 11.6 Å². The summed E-state index contributed by atoms with van der Waals surface area (Å²) >= 11 is 13.0. The van der Waals surface area contributed by atoms with Gasteiger partial charge in [-0.3, -0.25) is 0 Å². The molecule has 0 aliphatic rings. The molecule has 1 N–H and O–H groups in total. The summed E-state index contributed by atoms with van der Waals surface area (Å²) in [6.45, 7) is 0. The monoisotopic (exact) mass is 313 g/mol. The highest BCUT2D eigenvalue weighted by molar-refractivity contribution is 7.16. The van der Waals surface area contributed by atoms with Crippen molar-refractivity contribution in [1.29, 1.82) is 0 Å². The standard InChI is InChI=1S/C12H6Cl2FN3S/c13-8-2-1-6(5-9(8)15)16-10-7-3-4-19-11(7)18-12(14)17-10/h1-5H,(H,16,17,18). The third-order valence-corrected chi connectivity index (χ3v) is 3.76. The molecule has 3 nitrogen and oxygen atoms in total. The van der Waals surface area contributed by atoms with Gasteiger partial charge in [-0.15, -0.1) is 11.3 Å². The molecule has 96 valence electrons. The van der Waals surface area contributed by atoms with Crippen molar-refractivity contribution in [3.63, 3.8) is 0 Å². The smallest absolute Gasteiger partial charge is 0.225 e. The molecule has 0 amide bonds. The highest BCUT2D eigenvalue weighted by Gasteiger charge is 2.09. The molecule has 0 aliphatic heterocycles. The molecular formula is C12H6Cl2FN3S. The van der Waals surface area contributed by atoms with Crippen LogP contribution in [0.4, 0.5) is 15.9 Å². The Morgan fingerprint density at radius 1 is 1.16 bits per heavy atom. The zero-order chi connectivity index (χ0) is 13.4. The van der Waals surface area contributed by atoms with Gasteiger partial charge in [0.2, 0.25) is 5.28 Å². The van der Waals surface area contributed by atoms with Gasteiger partial charge in [-0.25, -0.2) is 9.37 Å². The lowest BCUT2D eigenvalue weighted by Crippen LogP contribution is -1.96. The molecule has 0 saturated heterocycles. The van der Waals surface area contributed by atoms with Crippen LogP contribution in [0.5, 0.6) is 0 Å². The van der Waals surface area contributed by atoms with Crippen molar-refractivity contribution in [2.75, 3.05) is 5.32 Å². The summed E-state index contributed by atoms with van der Waals surface area (Å²) < 4.78 is 13.4. The maximum absolute atomic E-state index is 13.4. The van der Waals surface area contributed by atoms with Gasteiger partial charge < -0.3 is 5.32 Å². The molecule has 2 aromatic heterocycles. The zero-order valence-corrected chi connectivity index (χ0v) is 11.7. The van der Waals surface area contributed by atoms with Gasteiger partial charge in [0, 0.05) is 5.69 Å². The molecular weight excluding hydrogens is 308 g/mol. The van der Waals surface area contributed by atoms with Gasteiger partial charge in [0.1, 0.15) is 16.5 Å². The second-order valence-electron chi connectivity index (χ2n) is 3.73. The highest BCUT2D eigenvalue weighted by Crippen LogP contribution is 2.29. The third kappa shape index (κ3) is 2.49. The number of hydrogen-bond acceptors (Lipinski definition) is 4. The Labute approximate surface area is 122 Å². The molecule has 7 heteroatoms. The van der Waals surface area contributed by atoms with E-state index in [4.69, 9.17) is 23.2 Å². The first-order valence-electron chi connectivity index (χ1n) is 5.26. The van der Waals surface area contributed by atoms with Crippen molar-refractivity contribution >= 4 is 56.3 Å². The van der Waals surface area contributed by atoms with Crippen molar-refractivity contribution in [3.8, 4) is 0 Å². The van der Waals surface area contributed by atoms with Crippen LogP contribution < -0.4 is 5.32 Å². The Morgan fingerprint density at radius 3 is 2.79 bits per heavy atom. The van der Waals surface area contributed by atoms with E-state index in [0.29, 0.717) is 11.5 Å². The number of thiophene rings is 1. The number of fused-ring (bicyclic) bond motifs is 1. The first-order valence-corrected chi connectivity index (χ1v) is 6.90. The van der Waals surface area contributed by atoms with E-state index in [2.05, 4.69) is 15.3 Å². The number of anilines is 2. The minimum absolute atomic E-state index is 0.0759. The van der Waals surface area contributed by atoms with E-state index in [1.807, 2.05) is 11.4 Å². The van der Waals surface area contributed by atoms with Crippen LogP contribution in [-0.2, 0) is 0 Å². The van der Waals surface area contributed by atoms with Crippen LogP contribution in [0, 0.1) is 5.82 Å². The molecule has 3 rings (SSSR count). The molecule has 0 saturated carbocycles. The summed E-state index contributed by atoms with van der Waals surface area (Å²) in [4.78, 5) is 9.00. The van der Waals surface area contributed by atoms with E-state index in [1.54, 1.807) is 6.07 Å². The van der Waals surface area contributed by atoms with Crippen LogP contribution >= 0.6 is 34.5 Å². The number of benzene rings is 1. The van der Waals surface area contributed by atoms with Gasteiger partial charge >= 0.3 is 0 Å². The van der Waals surface area contributed by atoms with Crippen molar-refractivity contribution in [2.45, 2.75) is 0 Å². The average Bonchev–Trinajstić information content (AvgIpc) is 2.82. The summed E-state index contributed by atoms with van der Waals surface area (Å²) in [6, 6.07) is 6.33. The lowest BCUT2D eigenvalue weighted by molar-refractivity contribution is 0.629. The van der Waals surface area contributed by atoms with Gasteiger partial charge in [0.15, 0.2) is 0 Å². The van der Waals surface area contributed by atoms with Crippen LogP contribution in [0.3, 0.4) is 0 Å². The fourth-order valence-corrected chi connectivity index (χ4v) is 2.74. The number of nitrogens with zero attached hydrogens (tertiary/aromatic N) is 2. The van der Waals surface area contributed by atoms with E-state index in [-0.39, 0.29) is 10.3 Å². The number of nitrogens with one attached hydrogen (secondary N) is 1. The second-order valence-corrected chi connectivity index (χ2v) is 5.37. The normalized spacial score (nSPS) is 10.9. The first kappa shape index (κ1) is 12.6. The fraction of sp³-hybridized carbons (Fsp3) is 0. The van der Waals surface area contributed by atoms with Gasteiger partial charge in [-0.05, 0) is 41.2 Å². The van der Waals surface area contributed by atoms with Crippen LogP contribution in [0.25, 0.3) is 10.2 Å². The summed E-state index contributed by atoms with van der Waals surface area (Å²) in [7, 11) is 0. The van der Waals surface area contributed by atoms with E-state index < -0.39 is 5.82 Å². The maximum atomic E-state index is 13.4. The summed E-state index contributed by atoms with van der Waals surface area (Å²) in [5.41, 5.74) is 0.546. The topological polar surface area (TPSA) is 37.8 Å². The highest BCUT2D eigenvalue weighted by atomic mass is 35.5. The Hall–Kier alpha value is -1.43. The third-order valence-electron chi connectivity index (χ3n) is 2.48. The van der Waals surface area contributed by atoms with Crippen LogP contribution in [-0.4, -0.2) is 9.97 Å². The van der Waals surface area contributed by atoms with Crippen molar-refractivity contribution in [1.82, 2.24) is 9.97 Å². The molecule has 0 fully saturated rings. The number of halogens is 3. The second kappa shape index (κ2) is 4.92. The lowest BCUT2D eigenvalue weighted by Gasteiger charge is -2.07. The van der Waals surface area contributed by atoms with Crippen molar-refractivity contribution in [3.05, 3.63) is 45.8 Å². The van der Waals surface area contributed by atoms with Crippen LogP contribution in [0.15, 0.2) is 29.6 Å². The van der Waals surface area contributed by atoms with Gasteiger partial charge in [-0.2, -0.15) is 4.98 Å². The quantitative estimate of drug-likeness (QED) is 0.685. The lowest BCUT2D eigenvalue weighted by atomic mass is 10.3. The Balaban J connectivity index is 2.04. The van der Waals surface area contributed by atoms with Crippen LogP contribution in [0.1, 0.15) is 0 Å². The molecule has 0 unspecified atom stereocenters. The first-order chi connectivity index (χ1) is 9.13. The number of rotatable bonds is 2. The summed E-state index contributed by atoms with van der Waals surface area (Å²) in [5, 5.41) is 5.97. The molecule has 2 heterocycles. The molecule has 19 heavy (non-hydrogen) atoms. The Kier molecular flexibility index (Phi) is 3.26. The largest absolute Gasteiger partial charge is 0.339 e. The predicted molar refractivity (Wildman–Crippen MR) is 77.1 cm³/mol. The predicted octanol–water partition coefficient (Wildman–Crippen LogP) is 4.88. The average molecular weight is 314 g/mol. The Morgan fingerprint density at radius 2 is 2.00 bits per heavy atom. The molecule has 0 spiro atoms. The molecule has 3 aromatic rings. The molecule has 0 atom stereocenters. The number of aromatic nitrogens is 2. The van der Waals surface area contributed by atoms with Crippen LogP contribution in [0.2, 0.25) is 10.3 Å². The fourth-order valence-electron chi connectivity index (χ4n) is 1.64. The summed E-state index contributed by atoms with van der Waals surface area (Å²) in [6.07, 6.45) is 0. The Bertz CT molecular complexity index is 760. The summed E-state index contributed by atoms with van der Waals surface area (Å²) in [5.74, 6) is 0.0476. The van der Waals surface area contributed by atoms with Crippen molar-refractivity contribution in [2.24, 2.45) is 0 Å². The van der Waals surface area contributed by atoms with Crippen molar-refractivity contribution < 1.29 is 4.39 Å². The minimum Gasteiger partial charge on any atom is -0.339 e. The SMILES string of the molecule is Fc1cc(Nc2nc(Cl)nc3sccc23)ccc1Cl. The minimum atomic E-state index is -0.492. The zero-order valence-electron chi connectivity index (χ0n) is 9.32. The number of hydrogen-bond donors (Lipinski definition) is 1. The molecule has 0 radical (unpaired) electrons. The molecule has 1 aromatic carbocycles. The molecule has 0 bridgehead atoms. The van der Waals surface area contributed by atoms with E-state index in [0.717, 1.165) is 10.2 Å².